The third kappa shape index (κ3) is 4.77. The highest BCUT2D eigenvalue weighted by Gasteiger charge is 2.22. The predicted molar refractivity (Wildman–Crippen MR) is 109 cm³/mol. The first kappa shape index (κ1) is 19.2. The third-order valence-electron chi connectivity index (χ3n) is 4.29. The summed E-state index contributed by atoms with van der Waals surface area (Å²) in [5.41, 5.74) is 2.12. The first-order chi connectivity index (χ1) is 13.2. The summed E-state index contributed by atoms with van der Waals surface area (Å²) in [5, 5.41) is 12.3. The fourth-order valence-corrected chi connectivity index (χ4v) is 3.85. The van der Waals surface area contributed by atoms with Crippen LogP contribution in [-0.4, -0.2) is 25.9 Å². The number of hydrogen-bond donors (Lipinski definition) is 1. The normalized spacial score (nSPS) is 11.9. The van der Waals surface area contributed by atoms with Gasteiger partial charge in [-0.25, -0.2) is 0 Å². The first-order valence-electron chi connectivity index (χ1n) is 9.19. The maximum Gasteiger partial charge on any atom is 0.233 e. The van der Waals surface area contributed by atoms with Gasteiger partial charge in [0.25, 0.3) is 0 Å². The fourth-order valence-electron chi connectivity index (χ4n) is 2.81. The van der Waals surface area contributed by atoms with Crippen molar-refractivity contribution in [2.24, 2.45) is 0 Å². The molecule has 0 spiro atoms. The Morgan fingerprint density at radius 1 is 1.04 bits per heavy atom. The van der Waals surface area contributed by atoms with Gasteiger partial charge in [-0.05, 0) is 18.9 Å². The second-order valence-electron chi connectivity index (χ2n) is 6.13. The summed E-state index contributed by atoms with van der Waals surface area (Å²) in [6.07, 6.45) is 0.725. The van der Waals surface area contributed by atoms with Gasteiger partial charge in [0.2, 0.25) is 5.91 Å². The lowest BCUT2D eigenvalue weighted by molar-refractivity contribution is -0.120. The zero-order chi connectivity index (χ0) is 19.1. The van der Waals surface area contributed by atoms with Gasteiger partial charge in [0.1, 0.15) is 0 Å². The van der Waals surface area contributed by atoms with Crippen LogP contribution in [0.2, 0.25) is 0 Å². The summed E-state index contributed by atoms with van der Waals surface area (Å²) in [4.78, 5) is 12.6. The Morgan fingerprint density at radius 2 is 1.70 bits per heavy atom. The van der Waals surface area contributed by atoms with Gasteiger partial charge in [-0.2, -0.15) is 0 Å². The van der Waals surface area contributed by atoms with E-state index < -0.39 is 0 Å². The number of nitrogens with one attached hydrogen (secondary N) is 1. The topological polar surface area (TPSA) is 59.8 Å². The number of carbonyl (C=O) groups is 1. The molecule has 0 aliphatic carbocycles. The van der Waals surface area contributed by atoms with E-state index >= 15 is 0 Å². The Kier molecular flexibility index (Phi) is 6.65. The summed E-state index contributed by atoms with van der Waals surface area (Å²) in [5.74, 6) is 0.860. The van der Waals surface area contributed by atoms with E-state index in [0.29, 0.717) is 6.54 Å². The van der Waals surface area contributed by atoms with Crippen LogP contribution in [0.4, 0.5) is 0 Å². The van der Waals surface area contributed by atoms with Crippen LogP contribution in [0, 0.1) is 0 Å². The van der Waals surface area contributed by atoms with Gasteiger partial charge in [0.05, 0.1) is 5.25 Å². The average Bonchev–Trinajstić information content (AvgIpc) is 3.14. The molecule has 1 aromatic heterocycles. The van der Waals surface area contributed by atoms with Gasteiger partial charge >= 0.3 is 0 Å². The summed E-state index contributed by atoms with van der Waals surface area (Å²) < 4.78 is 2.06. The fraction of sp³-hybridized carbons (Fsp3) is 0.286. The Morgan fingerprint density at radius 3 is 2.33 bits per heavy atom. The van der Waals surface area contributed by atoms with Crippen molar-refractivity contribution in [3.05, 3.63) is 66.2 Å². The molecular formula is C21H24N4OS. The molecule has 27 heavy (non-hydrogen) atoms. The predicted octanol–water partition coefficient (Wildman–Crippen LogP) is 4.15. The lowest BCUT2D eigenvalue weighted by atomic mass is 10.2. The van der Waals surface area contributed by atoms with E-state index in [9.17, 15) is 4.79 Å². The van der Waals surface area contributed by atoms with Gasteiger partial charge in [-0.1, -0.05) is 79.3 Å². The van der Waals surface area contributed by atoms with Crippen molar-refractivity contribution < 1.29 is 4.79 Å². The lowest BCUT2D eigenvalue weighted by Gasteiger charge is -2.15. The van der Waals surface area contributed by atoms with E-state index in [1.54, 1.807) is 0 Å². The van der Waals surface area contributed by atoms with Crippen LogP contribution in [0.5, 0.6) is 0 Å². The minimum Gasteiger partial charge on any atom is -0.351 e. The van der Waals surface area contributed by atoms with E-state index in [-0.39, 0.29) is 11.2 Å². The Bertz CT molecular complexity index is 864. The van der Waals surface area contributed by atoms with Gasteiger partial charge in [0.15, 0.2) is 11.0 Å². The number of carbonyl (C=O) groups excluding carboxylic acids is 1. The van der Waals surface area contributed by atoms with Crippen molar-refractivity contribution in [1.29, 1.82) is 0 Å². The summed E-state index contributed by atoms with van der Waals surface area (Å²) in [6, 6.07) is 19.9. The molecule has 0 saturated heterocycles. The smallest absolute Gasteiger partial charge is 0.233 e. The van der Waals surface area contributed by atoms with Crippen LogP contribution >= 0.6 is 11.8 Å². The van der Waals surface area contributed by atoms with E-state index in [2.05, 4.69) is 27.0 Å². The molecule has 0 bridgehead atoms. The molecule has 1 atom stereocenters. The molecule has 2 aromatic carbocycles. The van der Waals surface area contributed by atoms with Gasteiger partial charge in [-0.15, -0.1) is 10.2 Å². The second kappa shape index (κ2) is 9.37. The molecule has 0 fully saturated rings. The second-order valence-corrected chi connectivity index (χ2v) is 7.30. The molecule has 6 heteroatoms. The highest BCUT2D eigenvalue weighted by molar-refractivity contribution is 8.00. The molecule has 3 aromatic rings. The highest BCUT2D eigenvalue weighted by atomic mass is 32.2. The maximum absolute atomic E-state index is 12.6. The zero-order valence-electron chi connectivity index (χ0n) is 15.6. The van der Waals surface area contributed by atoms with Gasteiger partial charge < -0.3 is 9.88 Å². The number of hydrogen-bond acceptors (Lipinski definition) is 4. The van der Waals surface area contributed by atoms with Crippen LogP contribution < -0.4 is 5.32 Å². The van der Waals surface area contributed by atoms with E-state index in [0.717, 1.165) is 35.1 Å². The average molecular weight is 381 g/mol. The zero-order valence-corrected chi connectivity index (χ0v) is 16.4. The quantitative estimate of drug-likeness (QED) is 0.596. The molecule has 1 N–H and O–H groups in total. The summed E-state index contributed by atoms with van der Waals surface area (Å²) >= 11 is 1.48. The maximum atomic E-state index is 12.6. The summed E-state index contributed by atoms with van der Waals surface area (Å²) in [7, 11) is 0. The minimum atomic E-state index is -0.202. The van der Waals surface area contributed by atoms with Gasteiger partial charge in [0, 0.05) is 18.7 Å². The van der Waals surface area contributed by atoms with Gasteiger partial charge in [-0.3, -0.25) is 4.79 Å². The van der Waals surface area contributed by atoms with Crippen molar-refractivity contribution >= 4 is 17.7 Å². The minimum absolute atomic E-state index is 0.0262. The molecule has 0 aliphatic heterocycles. The van der Waals surface area contributed by atoms with Crippen LogP contribution in [0.3, 0.4) is 0 Å². The van der Waals surface area contributed by atoms with E-state index in [1.807, 2.05) is 67.6 Å². The Balaban J connectivity index is 1.70. The number of thioether (sulfide) groups is 1. The highest BCUT2D eigenvalue weighted by Crippen LogP contribution is 2.28. The monoisotopic (exact) mass is 380 g/mol. The molecule has 0 radical (unpaired) electrons. The molecule has 1 amide bonds. The molecule has 5 nitrogen and oxygen atoms in total. The van der Waals surface area contributed by atoms with Crippen molar-refractivity contribution in [2.75, 3.05) is 0 Å². The standard InChI is InChI=1S/C21H24N4OS/c1-3-18(20(26)22-15-16-11-7-5-8-12-16)27-21-24-23-19(25(21)4-2)17-13-9-6-10-14-17/h5-14,18H,3-4,15H2,1-2H3,(H,22,26). The van der Waals surface area contributed by atoms with Crippen molar-refractivity contribution in [1.82, 2.24) is 20.1 Å². The van der Waals surface area contributed by atoms with Crippen LogP contribution in [-0.2, 0) is 17.9 Å². The van der Waals surface area contributed by atoms with Crippen LogP contribution in [0.15, 0.2) is 65.8 Å². The Hall–Kier alpha value is -2.60. The largest absolute Gasteiger partial charge is 0.351 e. The number of aromatic nitrogens is 3. The summed E-state index contributed by atoms with van der Waals surface area (Å²) in [6.45, 7) is 5.37. The van der Waals surface area contributed by atoms with E-state index in [1.165, 1.54) is 11.8 Å². The number of benzene rings is 2. The third-order valence-corrected chi connectivity index (χ3v) is 5.63. The molecule has 1 unspecified atom stereocenters. The molecule has 3 rings (SSSR count). The van der Waals surface area contributed by atoms with Crippen molar-refractivity contribution in [3.8, 4) is 11.4 Å². The number of amides is 1. The van der Waals surface area contributed by atoms with Crippen LogP contribution in [0.25, 0.3) is 11.4 Å². The number of nitrogens with zero attached hydrogens (tertiary/aromatic N) is 3. The molecule has 0 saturated carbocycles. The van der Waals surface area contributed by atoms with E-state index in [4.69, 9.17) is 0 Å². The first-order valence-corrected chi connectivity index (χ1v) is 10.1. The SMILES string of the molecule is CCC(Sc1nnc(-c2ccccc2)n1CC)C(=O)NCc1ccccc1. The molecular weight excluding hydrogens is 356 g/mol. The number of rotatable bonds is 8. The lowest BCUT2D eigenvalue weighted by Crippen LogP contribution is -2.32. The molecule has 140 valence electrons. The molecule has 0 aliphatic rings. The molecule has 1 heterocycles. The van der Waals surface area contributed by atoms with Crippen molar-refractivity contribution in [2.45, 2.75) is 43.8 Å². The Labute approximate surface area is 164 Å². The van der Waals surface area contributed by atoms with Crippen LogP contribution in [0.1, 0.15) is 25.8 Å². The van der Waals surface area contributed by atoms with Crippen molar-refractivity contribution in [3.63, 3.8) is 0 Å².